The maximum Gasteiger partial charge on any atom is 0.270 e. The van der Waals surface area contributed by atoms with E-state index < -0.39 is 0 Å². The summed E-state index contributed by atoms with van der Waals surface area (Å²) in [5.41, 5.74) is 1.53. The highest BCUT2D eigenvalue weighted by Crippen LogP contribution is 2.33. The number of hydrogen-bond donors (Lipinski definition) is 1. The molecule has 10 nitrogen and oxygen atoms in total. The topological polar surface area (TPSA) is 104 Å². The fourth-order valence-corrected chi connectivity index (χ4v) is 5.86. The van der Waals surface area contributed by atoms with Gasteiger partial charge in [0, 0.05) is 51.7 Å². The van der Waals surface area contributed by atoms with Crippen LogP contribution in [-0.2, 0) is 11.3 Å². The van der Waals surface area contributed by atoms with Gasteiger partial charge in [0.2, 0.25) is 12.7 Å². The lowest BCUT2D eigenvalue weighted by molar-refractivity contribution is -0.138. The predicted molar refractivity (Wildman–Crippen MR) is 127 cm³/mol. The summed E-state index contributed by atoms with van der Waals surface area (Å²) in [6.07, 6.45) is 2.99. The van der Waals surface area contributed by atoms with Gasteiger partial charge in [0.05, 0.1) is 6.33 Å². The van der Waals surface area contributed by atoms with Crippen molar-refractivity contribution in [3.63, 3.8) is 0 Å². The zero-order valence-corrected chi connectivity index (χ0v) is 19.6. The van der Waals surface area contributed by atoms with Crippen LogP contribution < -0.4 is 19.9 Å². The van der Waals surface area contributed by atoms with E-state index >= 15 is 0 Å². The van der Waals surface area contributed by atoms with Crippen molar-refractivity contribution < 1.29 is 14.3 Å². The number of anilines is 1. The summed E-state index contributed by atoms with van der Waals surface area (Å²) in [5.74, 6) is 1.93. The molecule has 2 aromatic heterocycles. The second kappa shape index (κ2) is 8.88. The van der Waals surface area contributed by atoms with Crippen LogP contribution in [0.25, 0.3) is 10.3 Å². The summed E-state index contributed by atoms with van der Waals surface area (Å²) < 4.78 is 11.4. The predicted octanol–water partition coefficient (Wildman–Crippen LogP) is 1.67. The normalized spacial score (nSPS) is 19.2. The Kier molecular flexibility index (Phi) is 5.58. The third kappa shape index (κ3) is 4.09. The van der Waals surface area contributed by atoms with Crippen LogP contribution in [0.15, 0.2) is 29.3 Å². The quantitative estimate of drug-likeness (QED) is 0.599. The number of nitrogens with one attached hydrogen (secondary N) is 1. The van der Waals surface area contributed by atoms with Crippen molar-refractivity contribution in [2.75, 3.05) is 51.0 Å². The van der Waals surface area contributed by atoms with Crippen LogP contribution >= 0.6 is 11.3 Å². The van der Waals surface area contributed by atoms with Crippen LogP contribution in [0.1, 0.15) is 18.4 Å². The molecule has 34 heavy (non-hydrogen) atoms. The molecule has 1 amide bonds. The lowest BCUT2D eigenvalue weighted by Crippen LogP contribution is -2.51. The Morgan fingerprint density at radius 2 is 1.88 bits per heavy atom. The highest BCUT2D eigenvalue weighted by Gasteiger charge is 2.31. The molecule has 3 aromatic rings. The van der Waals surface area contributed by atoms with Gasteiger partial charge in [0.15, 0.2) is 22.3 Å². The minimum absolute atomic E-state index is 0.0487. The molecule has 2 fully saturated rings. The Morgan fingerprint density at radius 3 is 2.68 bits per heavy atom. The van der Waals surface area contributed by atoms with E-state index in [4.69, 9.17) is 9.47 Å². The number of thiazole rings is 1. The SMILES string of the molecule is O=C(C1CCN(c2nc3nc[nH]c(=O)c3s2)CC1)N1CCN(Cc2ccc3c(c2)OCO3)CC1. The molecule has 0 atom stereocenters. The number of piperidine rings is 1. The average Bonchev–Trinajstić information content (AvgIpc) is 3.52. The second-order valence-electron chi connectivity index (χ2n) is 8.93. The monoisotopic (exact) mass is 482 g/mol. The summed E-state index contributed by atoms with van der Waals surface area (Å²) >= 11 is 1.37. The van der Waals surface area contributed by atoms with Crippen molar-refractivity contribution in [1.82, 2.24) is 24.8 Å². The van der Waals surface area contributed by atoms with Gasteiger partial charge < -0.3 is 24.3 Å². The zero-order chi connectivity index (χ0) is 23.1. The molecule has 178 valence electrons. The third-order valence-electron chi connectivity index (χ3n) is 6.83. The molecule has 6 rings (SSSR count). The number of fused-ring (bicyclic) bond motifs is 2. The standard InChI is InChI=1S/C23H26N6O4S/c30-21-19-20(24-13-25-21)26-23(34-19)29-5-3-16(4-6-29)22(31)28-9-7-27(8-10-28)12-15-1-2-17-18(11-15)33-14-32-17/h1-2,11,13,16H,3-10,12,14H2,(H,24,25,30). The van der Waals surface area contributed by atoms with Gasteiger partial charge >= 0.3 is 0 Å². The zero-order valence-electron chi connectivity index (χ0n) is 18.7. The van der Waals surface area contributed by atoms with E-state index in [-0.39, 0.29) is 24.2 Å². The summed E-state index contributed by atoms with van der Waals surface area (Å²) in [6.45, 7) is 5.91. The van der Waals surface area contributed by atoms with Crippen molar-refractivity contribution in [2.24, 2.45) is 5.92 Å². The molecule has 2 saturated heterocycles. The molecule has 0 unspecified atom stereocenters. The number of carbonyl (C=O) groups excluding carboxylic acids is 1. The van der Waals surface area contributed by atoms with Crippen molar-refractivity contribution in [2.45, 2.75) is 19.4 Å². The van der Waals surface area contributed by atoms with Crippen LogP contribution in [0.5, 0.6) is 11.5 Å². The number of piperazine rings is 1. The molecular weight excluding hydrogens is 456 g/mol. The van der Waals surface area contributed by atoms with Gasteiger partial charge in [-0.05, 0) is 30.5 Å². The van der Waals surface area contributed by atoms with Crippen molar-refractivity contribution in [3.8, 4) is 11.5 Å². The molecule has 0 spiro atoms. The van der Waals surface area contributed by atoms with Gasteiger partial charge in [-0.25, -0.2) is 4.98 Å². The molecule has 0 bridgehead atoms. The minimum atomic E-state index is -0.156. The van der Waals surface area contributed by atoms with Gasteiger partial charge in [-0.1, -0.05) is 17.4 Å². The number of carbonyl (C=O) groups is 1. The highest BCUT2D eigenvalue weighted by molar-refractivity contribution is 7.22. The first-order valence-corrected chi connectivity index (χ1v) is 12.4. The van der Waals surface area contributed by atoms with E-state index in [1.54, 1.807) is 0 Å². The molecule has 1 aromatic carbocycles. The molecule has 11 heteroatoms. The first-order chi connectivity index (χ1) is 16.6. The molecule has 0 saturated carbocycles. The van der Waals surface area contributed by atoms with Gasteiger partial charge in [0.1, 0.15) is 4.70 Å². The summed E-state index contributed by atoms with van der Waals surface area (Å²) in [5, 5.41) is 0.808. The maximum absolute atomic E-state index is 13.2. The van der Waals surface area contributed by atoms with Crippen molar-refractivity contribution in [3.05, 3.63) is 40.4 Å². The van der Waals surface area contributed by atoms with Crippen molar-refractivity contribution in [1.29, 1.82) is 0 Å². The molecule has 3 aliphatic heterocycles. The third-order valence-corrected chi connectivity index (χ3v) is 7.93. The van der Waals surface area contributed by atoms with E-state index in [0.29, 0.717) is 10.3 Å². The highest BCUT2D eigenvalue weighted by atomic mass is 32.1. The number of ether oxygens (including phenoxy) is 2. The number of aromatic nitrogens is 3. The molecule has 3 aliphatic rings. The number of nitrogens with zero attached hydrogens (tertiary/aromatic N) is 5. The van der Waals surface area contributed by atoms with Crippen LogP contribution in [0, 0.1) is 5.92 Å². The first-order valence-electron chi connectivity index (χ1n) is 11.6. The van der Waals surface area contributed by atoms with Gasteiger partial charge in [0.25, 0.3) is 5.56 Å². The van der Waals surface area contributed by atoms with E-state index in [1.165, 1.54) is 23.2 Å². The summed E-state index contributed by atoms with van der Waals surface area (Å²) in [6, 6.07) is 6.09. The van der Waals surface area contributed by atoms with E-state index in [0.717, 1.165) is 75.3 Å². The minimum Gasteiger partial charge on any atom is -0.454 e. The Bertz CT molecular complexity index is 1260. The summed E-state index contributed by atoms with van der Waals surface area (Å²) in [7, 11) is 0. The van der Waals surface area contributed by atoms with Crippen LogP contribution in [0.3, 0.4) is 0 Å². The number of amides is 1. The molecule has 5 heterocycles. The number of hydrogen-bond acceptors (Lipinski definition) is 9. The summed E-state index contributed by atoms with van der Waals surface area (Å²) in [4.78, 5) is 43.0. The van der Waals surface area contributed by atoms with Crippen LogP contribution in [0.2, 0.25) is 0 Å². The number of aromatic amines is 1. The molecule has 0 aliphatic carbocycles. The van der Waals surface area contributed by atoms with Crippen LogP contribution in [-0.4, -0.2) is 76.7 Å². The smallest absolute Gasteiger partial charge is 0.270 e. The van der Waals surface area contributed by atoms with Gasteiger partial charge in [-0.15, -0.1) is 0 Å². The van der Waals surface area contributed by atoms with Crippen molar-refractivity contribution >= 4 is 32.7 Å². The molecular formula is C23H26N6O4S. The van der Waals surface area contributed by atoms with Crippen LogP contribution in [0.4, 0.5) is 5.13 Å². The van der Waals surface area contributed by atoms with E-state index in [2.05, 4.69) is 30.8 Å². The number of rotatable bonds is 4. The fraction of sp³-hybridized carbons (Fsp3) is 0.478. The van der Waals surface area contributed by atoms with E-state index in [9.17, 15) is 9.59 Å². The lowest BCUT2D eigenvalue weighted by atomic mass is 9.95. The Labute approximate surface area is 200 Å². The Balaban J connectivity index is 1.00. The first kappa shape index (κ1) is 21.4. The molecule has 0 radical (unpaired) electrons. The largest absolute Gasteiger partial charge is 0.454 e. The Morgan fingerprint density at radius 1 is 1.09 bits per heavy atom. The number of H-pyrrole nitrogens is 1. The second-order valence-corrected chi connectivity index (χ2v) is 9.91. The van der Waals surface area contributed by atoms with E-state index in [1.807, 2.05) is 17.0 Å². The number of benzene rings is 1. The Hall–Kier alpha value is -3.18. The lowest BCUT2D eigenvalue weighted by Gasteiger charge is -2.38. The fourth-order valence-electron chi connectivity index (χ4n) is 4.89. The average molecular weight is 483 g/mol. The van der Waals surface area contributed by atoms with Gasteiger partial charge in [-0.2, -0.15) is 4.98 Å². The van der Waals surface area contributed by atoms with Gasteiger partial charge in [-0.3, -0.25) is 14.5 Å². The maximum atomic E-state index is 13.2. The molecule has 1 N–H and O–H groups in total.